The fourth-order valence-electron chi connectivity index (χ4n) is 1.75. The molecule has 0 spiro atoms. The van der Waals surface area contributed by atoms with E-state index in [1.165, 1.54) is 0 Å². The van der Waals surface area contributed by atoms with Gasteiger partial charge in [0.25, 0.3) is 5.91 Å². The molecule has 2 N–H and O–H groups in total. The molecule has 1 heterocycles. The van der Waals surface area contributed by atoms with E-state index >= 15 is 0 Å². The molecule has 2 rings (SSSR count). The molecule has 1 saturated heterocycles. The molecular formula is C11H12Cl2N3O3S. The summed E-state index contributed by atoms with van der Waals surface area (Å²) in [7, 11) is -3.71. The van der Waals surface area contributed by atoms with Crippen LogP contribution in [0.5, 0.6) is 0 Å². The average Bonchev–Trinajstić information content (AvgIpc) is 2.36. The lowest BCUT2D eigenvalue weighted by Crippen LogP contribution is -2.55. The highest BCUT2D eigenvalue weighted by atomic mass is 35.5. The molecular weight excluding hydrogens is 325 g/mol. The summed E-state index contributed by atoms with van der Waals surface area (Å²) in [6.45, 7) is 0. The number of hydrogen-bond donors (Lipinski definition) is 2. The van der Waals surface area contributed by atoms with Gasteiger partial charge in [-0.15, -0.1) is 11.6 Å². The minimum Gasteiger partial charge on any atom is -0.270 e. The number of rotatable bonds is 4. The molecule has 1 aliphatic rings. The Labute approximate surface area is 126 Å². The van der Waals surface area contributed by atoms with Crippen LogP contribution in [0, 0.1) is 0 Å². The zero-order valence-electron chi connectivity index (χ0n) is 10.2. The Balaban J connectivity index is 2.08. The third-order valence-corrected chi connectivity index (χ3v) is 4.66. The molecule has 1 aromatic rings. The summed E-state index contributed by atoms with van der Waals surface area (Å²) in [5.41, 5.74) is 5.70. The lowest BCUT2D eigenvalue weighted by Gasteiger charge is -2.24. The number of nitrogens with one attached hydrogen (secondary N) is 2. The maximum atomic E-state index is 12.0. The van der Waals surface area contributed by atoms with E-state index in [0.29, 0.717) is 10.6 Å². The molecule has 1 aromatic carbocycles. The van der Waals surface area contributed by atoms with E-state index in [-0.39, 0.29) is 12.2 Å². The van der Waals surface area contributed by atoms with Gasteiger partial charge >= 0.3 is 0 Å². The summed E-state index contributed by atoms with van der Waals surface area (Å²) in [4.78, 5) is 11.5. The second-order valence-electron chi connectivity index (χ2n) is 4.30. The number of carbonyl (C=O) groups is 1. The Morgan fingerprint density at radius 3 is 2.80 bits per heavy atom. The predicted octanol–water partition coefficient (Wildman–Crippen LogP) is 0.732. The molecule has 2 unspecified atom stereocenters. The second-order valence-corrected chi connectivity index (χ2v) is 6.99. The van der Waals surface area contributed by atoms with Crippen molar-refractivity contribution in [2.75, 3.05) is 0 Å². The fourth-order valence-corrected chi connectivity index (χ4v) is 3.63. The molecule has 1 amide bonds. The van der Waals surface area contributed by atoms with Gasteiger partial charge in [0.2, 0.25) is 10.0 Å². The van der Waals surface area contributed by atoms with Crippen molar-refractivity contribution in [2.24, 2.45) is 0 Å². The molecule has 1 radical (unpaired) electrons. The summed E-state index contributed by atoms with van der Waals surface area (Å²) in [6.07, 6.45) is 0.131. The molecule has 1 aliphatic heterocycles. The molecule has 109 valence electrons. The molecule has 1 fully saturated rings. The van der Waals surface area contributed by atoms with Crippen molar-refractivity contribution in [1.82, 2.24) is 15.6 Å². The van der Waals surface area contributed by atoms with Gasteiger partial charge in [0.1, 0.15) is 11.5 Å². The summed E-state index contributed by atoms with van der Waals surface area (Å²) in [5, 5.41) is 0.356. The predicted molar refractivity (Wildman–Crippen MR) is 75.5 cm³/mol. The van der Waals surface area contributed by atoms with Gasteiger partial charge in [-0.3, -0.25) is 4.79 Å². The van der Waals surface area contributed by atoms with E-state index in [2.05, 4.69) is 15.6 Å². The van der Waals surface area contributed by atoms with Crippen LogP contribution in [0.2, 0.25) is 5.02 Å². The summed E-state index contributed by atoms with van der Waals surface area (Å²) < 4.78 is 26.4. The number of sulfonamides is 1. The molecule has 0 aliphatic carbocycles. The molecule has 6 nitrogen and oxygen atoms in total. The van der Waals surface area contributed by atoms with Gasteiger partial charge in [-0.25, -0.2) is 13.1 Å². The van der Waals surface area contributed by atoms with Crippen LogP contribution in [-0.4, -0.2) is 25.9 Å². The molecule has 0 aromatic heterocycles. The highest BCUT2D eigenvalue weighted by molar-refractivity contribution is 7.88. The molecule has 0 bridgehead atoms. The number of amides is 1. The first-order valence-electron chi connectivity index (χ1n) is 5.75. The fraction of sp³-hybridized carbons (Fsp3) is 0.364. The first kappa shape index (κ1) is 15.5. The van der Waals surface area contributed by atoms with Crippen molar-refractivity contribution in [3.63, 3.8) is 0 Å². The van der Waals surface area contributed by atoms with Crippen LogP contribution in [0.1, 0.15) is 12.0 Å². The van der Waals surface area contributed by atoms with Crippen molar-refractivity contribution < 1.29 is 13.2 Å². The first-order valence-corrected chi connectivity index (χ1v) is 8.21. The summed E-state index contributed by atoms with van der Waals surface area (Å²) in [6, 6.07) is 5.66. The highest BCUT2D eigenvalue weighted by Crippen LogP contribution is 2.18. The Hall–Kier alpha value is -0.860. The van der Waals surface area contributed by atoms with E-state index < -0.39 is 27.5 Å². The molecule has 2 atom stereocenters. The quantitative estimate of drug-likeness (QED) is 0.626. The molecule has 9 heteroatoms. The van der Waals surface area contributed by atoms with Gasteiger partial charge in [0.15, 0.2) is 0 Å². The first-order chi connectivity index (χ1) is 9.37. The number of halogens is 2. The zero-order chi connectivity index (χ0) is 14.8. The zero-order valence-corrected chi connectivity index (χ0v) is 12.5. The monoisotopic (exact) mass is 336 g/mol. The van der Waals surface area contributed by atoms with Gasteiger partial charge in [0, 0.05) is 11.4 Å². The van der Waals surface area contributed by atoms with E-state index in [0.717, 1.165) is 0 Å². The number of carbonyl (C=O) groups excluding carboxylic acids is 1. The van der Waals surface area contributed by atoms with Crippen LogP contribution in [0.15, 0.2) is 24.3 Å². The minimum atomic E-state index is -3.71. The Bertz CT molecular complexity index is 609. The number of alkyl halides is 1. The van der Waals surface area contributed by atoms with Gasteiger partial charge < -0.3 is 0 Å². The van der Waals surface area contributed by atoms with Gasteiger partial charge in [0.05, 0.1) is 5.75 Å². The maximum absolute atomic E-state index is 12.0. The summed E-state index contributed by atoms with van der Waals surface area (Å²) >= 11 is 11.7. The van der Waals surface area contributed by atoms with Crippen LogP contribution < -0.4 is 15.6 Å². The number of hydrogen-bond acceptors (Lipinski definition) is 4. The minimum absolute atomic E-state index is 0.131. The number of benzene rings is 1. The van der Waals surface area contributed by atoms with Crippen molar-refractivity contribution in [2.45, 2.75) is 23.7 Å². The maximum Gasteiger partial charge on any atom is 0.275 e. The lowest BCUT2D eigenvalue weighted by atomic mass is 10.2. The normalized spacial score (nSPS) is 23.4. The van der Waals surface area contributed by atoms with Gasteiger partial charge in [-0.05, 0) is 11.6 Å². The van der Waals surface area contributed by atoms with E-state index in [9.17, 15) is 13.2 Å². The van der Waals surface area contributed by atoms with Crippen molar-refractivity contribution >= 4 is 39.1 Å². The standard InChI is InChI=1S/C11H12Cl2N3O3S/c12-8-4-2-1-3-7(8)6-20(18,19)16-9-5-10(13)14-15-11(9)17/h1-4,9-10,14,16H,5-6H2. The van der Waals surface area contributed by atoms with Crippen molar-refractivity contribution in [1.29, 1.82) is 0 Å². The largest absolute Gasteiger partial charge is 0.275 e. The Morgan fingerprint density at radius 2 is 2.10 bits per heavy atom. The topological polar surface area (TPSA) is 89.4 Å². The van der Waals surface area contributed by atoms with Crippen molar-refractivity contribution in [3.8, 4) is 0 Å². The summed E-state index contributed by atoms with van der Waals surface area (Å²) in [5.74, 6) is -0.902. The smallest absolute Gasteiger partial charge is 0.270 e. The van der Waals surface area contributed by atoms with E-state index in [1.807, 2.05) is 0 Å². The Morgan fingerprint density at radius 1 is 1.40 bits per heavy atom. The third kappa shape index (κ3) is 4.07. The average molecular weight is 337 g/mol. The number of nitrogens with zero attached hydrogens (tertiary/aromatic N) is 1. The van der Waals surface area contributed by atoms with Crippen molar-refractivity contribution in [3.05, 3.63) is 34.9 Å². The van der Waals surface area contributed by atoms with E-state index in [4.69, 9.17) is 23.2 Å². The highest BCUT2D eigenvalue weighted by Gasteiger charge is 2.32. The Kier molecular flexibility index (Phi) is 4.87. The van der Waals surface area contributed by atoms with Crippen LogP contribution in [0.25, 0.3) is 0 Å². The van der Waals surface area contributed by atoms with Gasteiger partial charge in [-0.2, -0.15) is 10.9 Å². The van der Waals surface area contributed by atoms with Crippen LogP contribution in [-0.2, 0) is 20.6 Å². The lowest BCUT2D eigenvalue weighted by molar-refractivity contribution is -0.125. The van der Waals surface area contributed by atoms with Crippen LogP contribution >= 0.6 is 23.2 Å². The SMILES string of the molecule is O=C1[N]NC(Cl)CC1NS(=O)(=O)Cc1ccccc1Cl. The van der Waals surface area contributed by atoms with Crippen LogP contribution in [0.3, 0.4) is 0 Å². The third-order valence-electron chi connectivity index (χ3n) is 2.68. The van der Waals surface area contributed by atoms with Crippen LogP contribution in [0.4, 0.5) is 0 Å². The van der Waals surface area contributed by atoms with E-state index in [1.54, 1.807) is 24.3 Å². The second kappa shape index (κ2) is 6.28. The molecule has 20 heavy (non-hydrogen) atoms. The molecule has 0 saturated carbocycles. The van der Waals surface area contributed by atoms with Gasteiger partial charge in [-0.1, -0.05) is 29.8 Å².